The van der Waals surface area contributed by atoms with Gasteiger partial charge in [-0.3, -0.25) is 9.10 Å². The smallest absolute Gasteiger partial charge is 0.264 e. The van der Waals surface area contributed by atoms with E-state index in [-0.39, 0.29) is 22.4 Å². The van der Waals surface area contributed by atoms with E-state index in [1.165, 1.54) is 17.4 Å². The van der Waals surface area contributed by atoms with E-state index < -0.39 is 10.0 Å². The molecule has 0 aromatic heterocycles. The zero-order valence-electron chi connectivity index (χ0n) is 16.3. The van der Waals surface area contributed by atoms with E-state index in [0.29, 0.717) is 11.6 Å². The van der Waals surface area contributed by atoms with Crippen LogP contribution in [0.25, 0.3) is 0 Å². The van der Waals surface area contributed by atoms with Gasteiger partial charge in [-0.1, -0.05) is 44.2 Å². The first-order valence-electron chi connectivity index (χ1n) is 9.17. The van der Waals surface area contributed by atoms with Crippen molar-refractivity contribution in [2.75, 3.05) is 11.4 Å². The number of nitrogens with zero attached hydrogens (tertiary/aromatic N) is 1. The van der Waals surface area contributed by atoms with Crippen molar-refractivity contribution in [3.8, 4) is 0 Å². The zero-order valence-corrected chi connectivity index (χ0v) is 17.2. The molecule has 0 bridgehead atoms. The van der Waals surface area contributed by atoms with E-state index in [0.717, 1.165) is 12.8 Å². The first kappa shape index (κ1) is 21.0. The number of nitrogens with one attached hydrogen (secondary N) is 1. The molecule has 146 valence electrons. The molecule has 0 fully saturated rings. The molecular weight excluding hydrogens is 360 g/mol. The van der Waals surface area contributed by atoms with Crippen LogP contribution in [0, 0.1) is 5.92 Å². The van der Waals surface area contributed by atoms with Gasteiger partial charge in [0, 0.05) is 13.1 Å². The Morgan fingerprint density at radius 1 is 0.963 bits per heavy atom. The van der Waals surface area contributed by atoms with Crippen molar-refractivity contribution in [2.45, 2.75) is 44.6 Å². The molecule has 0 heterocycles. The number of para-hydroxylation sites is 1. The van der Waals surface area contributed by atoms with E-state index >= 15 is 0 Å². The Balaban J connectivity index is 2.28. The summed E-state index contributed by atoms with van der Waals surface area (Å²) in [7, 11) is -2.37. The second kappa shape index (κ2) is 9.04. The molecule has 0 aliphatic carbocycles. The summed E-state index contributed by atoms with van der Waals surface area (Å²) in [5.41, 5.74) is 0.703. The maximum Gasteiger partial charge on any atom is 0.264 e. The van der Waals surface area contributed by atoms with Gasteiger partial charge in [0.1, 0.15) is 4.90 Å². The molecule has 0 saturated carbocycles. The number of anilines is 1. The fourth-order valence-corrected chi connectivity index (χ4v) is 4.14. The number of carbonyl (C=O) groups excluding carboxylic acids is 1. The molecule has 0 spiro atoms. The van der Waals surface area contributed by atoms with Gasteiger partial charge in [0.15, 0.2) is 0 Å². The molecule has 2 aromatic carbocycles. The maximum atomic E-state index is 13.1. The van der Waals surface area contributed by atoms with Crippen LogP contribution < -0.4 is 9.62 Å². The highest BCUT2D eigenvalue weighted by atomic mass is 32.2. The summed E-state index contributed by atoms with van der Waals surface area (Å²) in [6, 6.07) is 15.1. The third-order valence-electron chi connectivity index (χ3n) is 4.44. The molecule has 0 saturated heterocycles. The SMILES string of the molecule is CC(C)CCC(C)NC(=O)c1ccccc1S(=O)(=O)N(C)c1ccccc1. The number of amides is 1. The third-order valence-corrected chi connectivity index (χ3v) is 6.29. The van der Waals surface area contributed by atoms with Crippen molar-refractivity contribution < 1.29 is 13.2 Å². The monoisotopic (exact) mass is 388 g/mol. The van der Waals surface area contributed by atoms with Gasteiger partial charge in [-0.05, 0) is 49.9 Å². The molecule has 0 radical (unpaired) electrons. The van der Waals surface area contributed by atoms with Gasteiger partial charge in [0.05, 0.1) is 11.3 Å². The number of carbonyl (C=O) groups is 1. The fraction of sp³-hybridized carbons (Fsp3) is 0.381. The molecule has 6 heteroatoms. The predicted molar refractivity (Wildman–Crippen MR) is 109 cm³/mol. The first-order chi connectivity index (χ1) is 12.7. The Morgan fingerprint density at radius 3 is 2.19 bits per heavy atom. The van der Waals surface area contributed by atoms with Gasteiger partial charge in [0.2, 0.25) is 0 Å². The van der Waals surface area contributed by atoms with Crippen molar-refractivity contribution >= 4 is 21.6 Å². The van der Waals surface area contributed by atoms with Gasteiger partial charge in [0.25, 0.3) is 15.9 Å². The zero-order chi connectivity index (χ0) is 20.0. The first-order valence-corrected chi connectivity index (χ1v) is 10.6. The van der Waals surface area contributed by atoms with E-state index in [2.05, 4.69) is 19.2 Å². The Kier molecular flexibility index (Phi) is 7.02. The molecule has 2 rings (SSSR count). The second-order valence-corrected chi connectivity index (χ2v) is 9.09. The quantitative estimate of drug-likeness (QED) is 0.741. The molecule has 0 aliphatic heterocycles. The van der Waals surface area contributed by atoms with E-state index in [4.69, 9.17) is 0 Å². The Hall–Kier alpha value is -2.34. The molecule has 1 unspecified atom stereocenters. The summed E-state index contributed by atoms with van der Waals surface area (Å²) in [6.45, 7) is 6.21. The molecule has 27 heavy (non-hydrogen) atoms. The molecule has 5 nitrogen and oxygen atoms in total. The van der Waals surface area contributed by atoms with Gasteiger partial charge in [-0.15, -0.1) is 0 Å². The van der Waals surface area contributed by atoms with E-state index in [1.54, 1.807) is 42.5 Å². The molecule has 2 aromatic rings. The Bertz CT molecular complexity index is 864. The van der Waals surface area contributed by atoms with Crippen LogP contribution in [-0.2, 0) is 10.0 Å². The van der Waals surface area contributed by atoms with Gasteiger partial charge < -0.3 is 5.32 Å². The van der Waals surface area contributed by atoms with Gasteiger partial charge in [-0.25, -0.2) is 8.42 Å². The van der Waals surface area contributed by atoms with E-state index in [1.807, 2.05) is 13.0 Å². The molecule has 1 N–H and O–H groups in total. The standard InChI is InChI=1S/C21H28N2O3S/c1-16(2)14-15-17(3)22-21(24)19-12-8-9-13-20(19)27(25,26)23(4)18-10-6-5-7-11-18/h5-13,16-17H,14-15H2,1-4H3,(H,22,24). The number of hydrogen-bond donors (Lipinski definition) is 1. The summed E-state index contributed by atoms with van der Waals surface area (Å²) in [6.07, 6.45) is 1.85. The molecular formula is C21H28N2O3S. The van der Waals surface area contributed by atoms with Crippen molar-refractivity contribution in [3.05, 3.63) is 60.2 Å². The molecule has 1 amide bonds. The summed E-state index contributed by atoms with van der Waals surface area (Å²) < 4.78 is 27.4. The second-order valence-electron chi connectivity index (χ2n) is 7.15. The van der Waals surface area contributed by atoms with Crippen LogP contribution in [-0.4, -0.2) is 27.4 Å². The van der Waals surface area contributed by atoms with Crippen LogP contribution in [0.5, 0.6) is 0 Å². The summed E-state index contributed by atoms with van der Waals surface area (Å²) in [5, 5.41) is 2.92. The number of benzene rings is 2. The molecule has 1 atom stereocenters. The number of rotatable bonds is 8. The normalized spacial score (nSPS) is 12.6. The average Bonchev–Trinajstić information content (AvgIpc) is 2.66. The average molecular weight is 389 g/mol. The van der Waals surface area contributed by atoms with Crippen molar-refractivity contribution in [3.63, 3.8) is 0 Å². The number of hydrogen-bond acceptors (Lipinski definition) is 3. The summed E-state index contributed by atoms with van der Waals surface area (Å²) in [4.78, 5) is 12.7. The van der Waals surface area contributed by atoms with Crippen LogP contribution in [0.1, 0.15) is 44.0 Å². The highest BCUT2D eigenvalue weighted by Crippen LogP contribution is 2.24. The lowest BCUT2D eigenvalue weighted by atomic mass is 10.0. The van der Waals surface area contributed by atoms with Crippen molar-refractivity contribution in [1.29, 1.82) is 0 Å². The summed E-state index contributed by atoms with van der Waals surface area (Å²) >= 11 is 0. The van der Waals surface area contributed by atoms with Crippen LogP contribution >= 0.6 is 0 Å². The van der Waals surface area contributed by atoms with Crippen LogP contribution in [0.2, 0.25) is 0 Å². The van der Waals surface area contributed by atoms with Crippen molar-refractivity contribution in [1.82, 2.24) is 5.32 Å². The lowest BCUT2D eigenvalue weighted by molar-refractivity contribution is 0.0934. The fourth-order valence-electron chi connectivity index (χ4n) is 2.76. The topological polar surface area (TPSA) is 66.5 Å². The van der Waals surface area contributed by atoms with Crippen LogP contribution in [0.4, 0.5) is 5.69 Å². The lowest BCUT2D eigenvalue weighted by Gasteiger charge is -2.22. The lowest BCUT2D eigenvalue weighted by Crippen LogP contribution is -2.35. The summed E-state index contributed by atoms with van der Waals surface area (Å²) in [5.74, 6) is 0.184. The van der Waals surface area contributed by atoms with Gasteiger partial charge >= 0.3 is 0 Å². The van der Waals surface area contributed by atoms with Gasteiger partial charge in [-0.2, -0.15) is 0 Å². The molecule has 0 aliphatic rings. The third kappa shape index (κ3) is 5.32. The largest absolute Gasteiger partial charge is 0.350 e. The Labute approximate surface area is 162 Å². The highest BCUT2D eigenvalue weighted by molar-refractivity contribution is 7.92. The van der Waals surface area contributed by atoms with Crippen molar-refractivity contribution in [2.24, 2.45) is 5.92 Å². The minimum atomic E-state index is -3.86. The Morgan fingerprint density at radius 2 is 1.56 bits per heavy atom. The maximum absolute atomic E-state index is 13.1. The highest BCUT2D eigenvalue weighted by Gasteiger charge is 2.27. The van der Waals surface area contributed by atoms with Crippen LogP contribution in [0.15, 0.2) is 59.5 Å². The van der Waals surface area contributed by atoms with E-state index in [9.17, 15) is 13.2 Å². The number of sulfonamides is 1. The minimum Gasteiger partial charge on any atom is -0.350 e. The predicted octanol–water partition coefficient (Wildman–Crippen LogP) is 4.07. The minimum absolute atomic E-state index is 0.00455. The van der Waals surface area contributed by atoms with Crippen LogP contribution in [0.3, 0.4) is 0 Å².